The van der Waals surface area contributed by atoms with Crippen molar-refractivity contribution in [3.8, 4) is 17.7 Å². The number of unbranched alkanes of at least 4 members (excludes halogenated alkanes) is 1. The largest absolute Gasteiger partial charge is 0.481 e. The average molecular weight is 456 g/mol. The van der Waals surface area contributed by atoms with Crippen LogP contribution in [-0.4, -0.2) is 60.8 Å². The highest BCUT2D eigenvalue weighted by atomic mass is 16.5. The van der Waals surface area contributed by atoms with Gasteiger partial charge in [-0.05, 0) is 25.3 Å². The van der Waals surface area contributed by atoms with E-state index >= 15 is 0 Å². The molecule has 2 rings (SSSR count). The quantitative estimate of drug-likeness (QED) is 0.264. The highest BCUT2D eigenvalue weighted by Gasteiger charge is 2.09. The molecule has 0 unspecified atom stereocenters. The van der Waals surface area contributed by atoms with Gasteiger partial charge in [-0.2, -0.15) is 4.98 Å². The lowest BCUT2D eigenvalue weighted by Crippen LogP contribution is -2.40. The Hall–Kier alpha value is -3.42. The first kappa shape index (κ1) is 25.8. The highest BCUT2D eigenvalue weighted by molar-refractivity contribution is 5.81. The molecule has 0 aliphatic heterocycles. The highest BCUT2D eigenvalue weighted by Crippen LogP contribution is 2.19. The fourth-order valence-electron chi connectivity index (χ4n) is 2.68. The number of amides is 1. The number of rotatable bonds is 13. The van der Waals surface area contributed by atoms with E-state index in [1.807, 2.05) is 6.92 Å². The van der Waals surface area contributed by atoms with Crippen LogP contribution < -0.4 is 26.4 Å². The van der Waals surface area contributed by atoms with Gasteiger partial charge in [-0.3, -0.25) is 4.79 Å². The van der Waals surface area contributed by atoms with E-state index in [1.54, 1.807) is 38.7 Å². The van der Waals surface area contributed by atoms with Gasteiger partial charge in [0.05, 0.1) is 24.9 Å². The number of nitrogens with one attached hydrogen (secondary N) is 3. The van der Waals surface area contributed by atoms with Gasteiger partial charge in [0.25, 0.3) is 0 Å². The molecule has 2 aromatic rings. The third kappa shape index (κ3) is 9.31. The molecule has 0 aliphatic rings. The number of pyridine rings is 1. The summed E-state index contributed by atoms with van der Waals surface area (Å²) in [5, 5.41) is 9.27. The zero-order valence-electron chi connectivity index (χ0n) is 19.5. The third-order valence-electron chi connectivity index (χ3n) is 4.58. The SMILES string of the molecule is CC[C@H](N)C(=O)NCCCC#Cc1cnc(Nc2ccnc(OC)c2)nc1NCCCOC. The van der Waals surface area contributed by atoms with Crippen molar-refractivity contribution in [2.75, 3.05) is 44.5 Å². The number of ether oxygens (including phenoxy) is 2. The lowest BCUT2D eigenvalue weighted by atomic mass is 10.2. The molecule has 10 nitrogen and oxygen atoms in total. The zero-order valence-corrected chi connectivity index (χ0v) is 19.5. The maximum atomic E-state index is 11.7. The number of hydrogen-bond acceptors (Lipinski definition) is 9. The molecule has 1 amide bonds. The molecule has 0 spiro atoms. The summed E-state index contributed by atoms with van der Waals surface area (Å²) in [6.07, 6.45) is 6.13. The van der Waals surface area contributed by atoms with E-state index in [0.717, 1.165) is 18.5 Å². The van der Waals surface area contributed by atoms with Crippen LogP contribution in [-0.2, 0) is 9.53 Å². The minimum atomic E-state index is -0.458. The summed E-state index contributed by atoms with van der Waals surface area (Å²) in [5.41, 5.74) is 7.16. The molecule has 0 saturated carbocycles. The number of methoxy groups -OCH3 is 2. The number of carbonyl (C=O) groups is 1. The Morgan fingerprint density at radius 1 is 1.24 bits per heavy atom. The van der Waals surface area contributed by atoms with Crippen LogP contribution in [0.5, 0.6) is 5.88 Å². The van der Waals surface area contributed by atoms with Crippen LogP contribution in [0.2, 0.25) is 0 Å². The molecule has 178 valence electrons. The standard InChI is InChI=1S/C23H33N7O3/c1-4-19(24)22(31)27-11-7-5-6-9-17-16-28-23(30-21(17)26-12-8-14-32-2)29-18-10-13-25-20(15-18)33-3/h10,13,15-16,19H,4-5,7-8,11-12,14,24H2,1-3H3,(H,27,31)(H2,25,26,28,29,30)/t19-/m0/s1. The van der Waals surface area contributed by atoms with Crippen molar-refractivity contribution in [3.63, 3.8) is 0 Å². The van der Waals surface area contributed by atoms with E-state index in [4.69, 9.17) is 15.2 Å². The predicted molar refractivity (Wildman–Crippen MR) is 128 cm³/mol. The molecular formula is C23H33N7O3. The minimum absolute atomic E-state index is 0.128. The maximum Gasteiger partial charge on any atom is 0.236 e. The van der Waals surface area contributed by atoms with Crippen molar-refractivity contribution in [2.24, 2.45) is 5.73 Å². The van der Waals surface area contributed by atoms with Gasteiger partial charge in [-0.25, -0.2) is 9.97 Å². The first-order valence-corrected chi connectivity index (χ1v) is 11.0. The topological polar surface area (TPSA) is 136 Å². The predicted octanol–water partition coefficient (Wildman–Crippen LogP) is 2.06. The van der Waals surface area contributed by atoms with E-state index in [-0.39, 0.29) is 5.91 Å². The number of nitrogens with zero attached hydrogens (tertiary/aromatic N) is 3. The lowest BCUT2D eigenvalue weighted by molar-refractivity contribution is -0.122. The van der Waals surface area contributed by atoms with Crippen molar-refractivity contribution in [1.82, 2.24) is 20.3 Å². The van der Waals surface area contributed by atoms with Crippen molar-refractivity contribution >= 4 is 23.4 Å². The van der Waals surface area contributed by atoms with Crippen molar-refractivity contribution in [1.29, 1.82) is 0 Å². The second-order valence-corrected chi connectivity index (χ2v) is 7.15. The van der Waals surface area contributed by atoms with Crippen LogP contribution in [0.1, 0.15) is 38.2 Å². The molecule has 0 radical (unpaired) electrons. The van der Waals surface area contributed by atoms with Gasteiger partial charge in [0.1, 0.15) is 5.82 Å². The second-order valence-electron chi connectivity index (χ2n) is 7.15. The van der Waals surface area contributed by atoms with Gasteiger partial charge in [0.2, 0.25) is 17.7 Å². The second kappa shape index (κ2) is 14.6. The fourth-order valence-corrected chi connectivity index (χ4v) is 2.68. The first-order chi connectivity index (χ1) is 16.1. The average Bonchev–Trinajstić information content (AvgIpc) is 2.84. The monoisotopic (exact) mass is 455 g/mol. The van der Waals surface area contributed by atoms with Crippen LogP contribution in [0, 0.1) is 11.8 Å². The van der Waals surface area contributed by atoms with E-state index in [1.165, 1.54) is 0 Å². The molecule has 10 heteroatoms. The smallest absolute Gasteiger partial charge is 0.236 e. The summed E-state index contributed by atoms with van der Waals surface area (Å²) in [6, 6.07) is 3.10. The molecule has 33 heavy (non-hydrogen) atoms. The Bertz CT molecular complexity index is 943. The Morgan fingerprint density at radius 3 is 2.85 bits per heavy atom. The fraction of sp³-hybridized carbons (Fsp3) is 0.478. The molecule has 2 aromatic heterocycles. The molecule has 0 fully saturated rings. The maximum absolute atomic E-state index is 11.7. The van der Waals surface area contributed by atoms with Crippen molar-refractivity contribution in [3.05, 3.63) is 30.1 Å². The van der Waals surface area contributed by atoms with Crippen molar-refractivity contribution in [2.45, 2.75) is 38.6 Å². The summed E-state index contributed by atoms with van der Waals surface area (Å²) < 4.78 is 10.3. The third-order valence-corrected chi connectivity index (χ3v) is 4.58. The number of anilines is 3. The van der Waals surface area contributed by atoms with E-state index < -0.39 is 6.04 Å². The van der Waals surface area contributed by atoms with Gasteiger partial charge in [-0.15, -0.1) is 0 Å². The van der Waals surface area contributed by atoms with Crippen LogP contribution in [0.15, 0.2) is 24.5 Å². The Balaban J connectivity index is 2.02. The summed E-state index contributed by atoms with van der Waals surface area (Å²) in [5.74, 6) is 7.68. The van der Waals surface area contributed by atoms with Crippen LogP contribution in [0.25, 0.3) is 0 Å². The molecule has 2 heterocycles. The summed E-state index contributed by atoms with van der Waals surface area (Å²) in [7, 11) is 3.23. The van der Waals surface area contributed by atoms with E-state index in [9.17, 15) is 4.79 Å². The lowest BCUT2D eigenvalue weighted by Gasteiger charge is -2.11. The van der Waals surface area contributed by atoms with Gasteiger partial charge in [-0.1, -0.05) is 18.8 Å². The minimum Gasteiger partial charge on any atom is -0.481 e. The van der Waals surface area contributed by atoms with Gasteiger partial charge >= 0.3 is 0 Å². The first-order valence-electron chi connectivity index (χ1n) is 11.0. The summed E-state index contributed by atoms with van der Waals surface area (Å²) >= 11 is 0. The van der Waals surface area contributed by atoms with Gasteiger partial charge in [0.15, 0.2) is 0 Å². The van der Waals surface area contributed by atoms with Crippen LogP contribution in [0.3, 0.4) is 0 Å². The number of aromatic nitrogens is 3. The Morgan fingerprint density at radius 2 is 2.09 bits per heavy atom. The Kier molecular flexibility index (Phi) is 11.4. The molecule has 0 saturated heterocycles. The number of nitrogens with two attached hydrogens (primary N) is 1. The normalized spacial score (nSPS) is 11.2. The van der Waals surface area contributed by atoms with E-state index in [0.29, 0.717) is 55.7 Å². The van der Waals surface area contributed by atoms with Gasteiger partial charge < -0.3 is 31.2 Å². The van der Waals surface area contributed by atoms with Gasteiger partial charge in [0, 0.05) is 51.2 Å². The van der Waals surface area contributed by atoms with Crippen molar-refractivity contribution < 1.29 is 14.3 Å². The van der Waals surface area contributed by atoms with E-state index in [2.05, 4.69) is 42.7 Å². The van der Waals surface area contributed by atoms with Crippen LogP contribution >= 0.6 is 0 Å². The molecular weight excluding hydrogens is 422 g/mol. The molecule has 1 atom stereocenters. The molecule has 0 aromatic carbocycles. The molecule has 5 N–H and O–H groups in total. The summed E-state index contributed by atoms with van der Waals surface area (Å²) in [6.45, 7) is 3.76. The Labute approximate surface area is 195 Å². The molecule has 0 bridgehead atoms. The summed E-state index contributed by atoms with van der Waals surface area (Å²) in [4.78, 5) is 24.7. The molecule has 0 aliphatic carbocycles. The van der Waals surface area contributed by atoms with Crippen LogP contribution in [0.4, 0.5) is 17.5 Å². The number of carbonyl (C=O) groups excluding carboxylic acids is 1. The zero-order chi connectivity index (χ0) is 23.9. The number of hydrogen-bond donors (Lipinski definition) is 4.